The highest BCUT2D eigenvalue weighted by atomic mass is 32.2. The molecule has 7 heteroatoms. The third-order valence-electron chi connectivity index (χ3n) is 3.03. The first-order valence-electron chi connectivity index (χ1n) is 6.04. The quantitative estimate of drug-likeness (QED) is 0.910. The summed E-state index contributed by atoms with van der Waals surface area (Å²) in [5, 5.41) is 9.09. The molecule has 0 saturated carbocycles. The van der Waals surface area contributed by atoms with Crippen LogP contribution in [0.3, 0.4) is 0 Å². The largest absolute Gasteiger partial charge is 0.505 e. The first kappa shape index (κ1) is 15.2. The summed E-state index contributed by atoms with van der Waals surface area (Å²) >= 11 is 0. The fraction of sp³-hybridized carbons (Fsp3) is 0.143. The monoisotopic (exact) mass is 312 g/mol. The van der Waals surface area contributed by atoms with Gasteiger partial charge in [0.15, 0.2) is 11.6 Å². The molecule has 1 unspecified atom stereocenters. The van der Waals surface area contributed by atoms with Crippen molar-refractivity contribution in [3.63, 3.8) is 0 Å². The van der Waals surface area contributed by atoms with Gasteiger partial charge in [0.05, 0.1) is 11.4 Å². The van der Waals surface area contributed by atoms with Crippen molar-refractivity contribution in [2.24, 2.45) is 0 Å². The van der Waals surface area contributed by atoms with E-state index in [0.717, 1.165) is 16.4 Å². The molecule has 0 heterocycles. The van der Waals surface area contributed by atoms with E-state index in [1.54, 1.807) is 30.3 Å². The predicted molar refractivity (Wildman–Crippen MR) is 77.4 cm³/mol. The Bertz CT molecular complexity index is 749. The molecule has 2 aromatic rings. The summed E-state index contributed by atoms with van der Waals surface area (Å²) < 4.78 is 48.4. The molecular formula is C14H14F2N2O2S. The van der Waals surface area contributed by atoms with Gasteiger partial charge in [-0.25, -0.2) is 13.4 Å². The Kier molecular flexibility index (Phi) is 4.13. The van der Waals surface area contributed by atoms with Crippen molar-refractivity contribution in [3.8, 4) is 5.75 Å². The minimum absolute atomic E-state index is 0.119. The number of rotatable bonds is 4. The van der Waals surface area contributed by atoms with Crippen LogP contribution in [0, 0.1) is 16.4 Å². The molecule has 0 radical (unpaired) electrons. The maximum atomic E-state index is 13.8. The smallest absolute Gasteiger partial charge is 0.202 e. The summed E-state index contributed by atoms with van der Waals surface area (Å²) in [4.78, 5) is 0. The second-order valence-electron chi connectivity index (χ2n) is 4.50. The van der Waals surface area contributed by atoms with Gasteiger partial charge in [0.1, 0.15) is 9.92 Å². The van der Waals surface area contributed by atoms with Gasteiger partial charge in [-0.1, -0.05) is 30.3 Å². The summed E-state index contributed by atoms with van der Waals surface area (Å²) in [5.41, 5.74) is 0.324. The van der Waals surface area contributed by atoms with Crippen molar-refractivity contribution < 1.29 is 18.1 Å². The van der Waals surface area contributed by atoms with E-state index in [-0.39, 0.29) is 11.4 Å². The fourth-order valence-electron chi connectivity index (χ4n) is 1.83. The van der Waals surface area contributed by atoms with Crippen LogP contribution in [0.25, 0.3) is 0 Å². The van der Waals surface area contributed by atoms with Gasteiger partial charge in [0.2, 0.25) is 5.82 Å². The van der Waals surface area contributed by atoms with Gasteiger partial charge >= 0.3 is 0 Å². The summed E-state index contributed by atoms with van der Waals surface area (Å²) in [5.74, 6) is -3.70. The number of phenolic OH excluding ortho intramolecular Hbond substituents is 1. The zero-order valence-electron chi connectivity index (χ0n) is 11.2. The highest BCUT2D eigenvalue weighted by Crippen LogP contribution is 2.29. The van der Waals surface area contributed by atoms with Crippen LogP contribution in [0.1, 0.15) is 5.56 Å². The maximum Gasteiger partial charge on any atom is 0.202 e. The molecular weight excluding hydrogens is 298 g/mol. The lowest BCUT2D eigenvalue weighted by molar-refractivity contribution is 0.408. The molecule has 0 saturated heterocycles. The lowest BCUT2D eigenvalue weighted by Gasteiger charge is -2.23. The average Bonchev–Trinajstić information content (AvgIpc) is 2.45. The van der Waals surface area contributed by atoms with Gasteiger partial charge in [0.25, 0.3) is 0 Å². The van der Waals surface area contributed by atoms with Crippen LogP contribution in [-0.2, 0) is 15.7 Å². The molecule has 112 valence electrons. The van der Waals surface area contributed by atoms with Crippen molar-refractivity contribution in [3.05, 3.63) is 59.7 Å². The number of hydrogen-bond donors (Lipinski definition) is 2. The molecule has 4 nitrogen and oxygen atoms in total. The molecule has 0 aliphatic rings. The first-order chi connectivity index (χ1) is 9.83. The Morgan fingerprint density at radius 3 is 2.38 bits per heavy atom. The van der Waals surface area contributed by atoms with Crippen molar-refractivity contribution in [2.75, 3.05) is 11.4 Å². The number of benzene rings is 2. The number of nitrogens with zero attached hydrogens (tertiary/aromatic N) is 1. The summed E-state index contributed by atoms with van der Waals surface area (Å²) in [7, 11) is -2.12. The van der Waals surface area contributed by atoms with Gasteiger partial charge in [0, 0.05) is 7.05 Å². The zero-order chi connectivity index (χ0) is 15.6. The summed E-state index contributed by atoms with van der Waals surface area (Å²) in [6.07, 6.45) is 0. The third-order valence-corrected chi connectivity index (χ3v) is 4.83. The van der Waals surface area contributed by atoms with Crippen LogP contribution in [0.2, 0.25) is 0 Å². The zero-order valence-corrected chi connectivity index (χ0v) is 12.0. The average molecular weight is 312 g/mol. The number of halogens is 2. The Hall–Kier alpha value is -2.15. The van der Waals surface area contributed by atoms with Gasteiger partial charge < -0.3 is 5.11 Å². The molecule has 21 heavy (non-hydrogen) atoms. The Balaban J connectivity index is 2.35. The fourth-order valence-corrected chi connectivity index (χ4v) is 3.12. The van der Waals surface area contributed by atoms with Crippen molar-refractivity contribution in [1.82, 2.24) is 0 Å². The maximum absolute atomic E-state index is 13.8. The summed E-state index contributed by atoms with van der Waals surface area (Å²) in [6.45, 7) is 0. The molecule has 0 spiro atoms. The Morgan fingerprint density at radius 2 is 1.76 bits per heavy atom. The van der Waals surface area contributed by atoms with E-state index in [0.29, 0.717) is 5.56 Å². The van der Waals surface area contributed by atoms with E-state index in [1.807, 2.05) is 0 Å². The van der Waals surface area contributed by atoms with E-state index in [4.69, 9.17) is 9.89 Å². The normalized spacial score (nSPS) is 13.7. The SMILES string of the molecule is CN(c1ccc(O)c(F)c1F)S(=N)(=O)Cc1ccccc1. The number of anilines is 1. The molecule has 0 aromatic heterocycles. The molecule has 2 rings (SSSR count). The lowest BCUT2D eigenvalue weighted by atomic mass is 10.2. The van der Waals surface area contributed by atoms with Crippen LogP contribution in [0.15, 0.2) is 42.5 Å². The minimum atomic E-state index is -3.37. The molecule has 2 N–H and O–H groups in total. The topological polar surface area (TPSA) is 64.4 Å². The van der Waals surface area contributed by atoms with E-state index in [2.05, 4.69) is 0 Å². The van der Waals surface area contributed by atoms with Crippen LogP contribution in [0.4, 0.5) is 14.5 Å². The van der Waals surface area contributed by atoms with E-state index >= 15 is 0 Å². The molecule has 0 bridgehead atoms. The number of phenols is 1. The Morgan fingerprint density at radius 1 is 1.14 bits per heavy atom. The molecule has 0 amide bonds. The standard InChI is InChI=1S/C14H14F2N2O2S/c1-18(11-7-8-12(19)14(16)13(11)15)21(17,20)9-10-5-3-2-4-6-10/h2-8,17,19H,9H2,1H3. The van der Waals surface area contributed by atoms with Crippen LogP contribution in [0.5, 0.6) is 5.75 Å². The first-order valence-corrected chi connectivity index (χ1v) is 7.72. The van der Waals surface area contributed by atoms with Crippen LogP contribution in [-0.4, -0.2) is 16.4 Å². The van der Waals surface area contributed by atoms with Crippen LogP contribution < -0.4 is 4.31 Å². The van der Waals surface area contributed by atoms with Gasteiger partial charge in [-0.3, -0.25) is 4.31 Å². The van der Waals surface area contributed by atoms with Gasteiger partial charge in [-0.2, -0.15) is 4.39 Å². The minimum Gasteiger partial charge on any atom is -0.505 e. The van der Waals surface area contributed by atoms with Crippen molar-refractivity contribution in [2.45, 2.75) is 5.75 Å². The molecule has 0 fully saturated rings. The van der Waals surface area contributed by atoms with E-state index in [9.17, 15) is 13.0 Å². The molecule has 0 aliphatic carbocycles. The van der Waals surface area contributed by atoms with E-state index in [1.165, 1.54) is 7.05 Å². The van der Waals surface area contributed by atoms with E-state index < -0.39 is 27.3 Å². The second-order valence-corrected chi connectivity index (χ2v) is 6.62. The number of aromatic hydroxyl groups is 1. The summed E-state index contributed by atoms with van der Waals surface area (Å²) in [6, 6.07) is 10.7. The Labute approximate surface area is 121 Å². The van der Waals surface area contributed by atoms with Gasteiger partial charge in [-0.05, 0) is 17.7 Å². The highest BCUT2D eigenvalue weighted by molar-refractivity contribution is 7.93. The molecule has 1 atom stereocenters. The highest BCUT2D eigenvalue weighted by Gasteiger charge is 2.22. The van der Waals surface area contributed by atoms with Crippen molar-refractivity contribution >= 4 is 15.6 Å². The second kappa shape index (κ2) is 5.69. The predicted octanol–water partition coefficient (Wildman–Crippen LogP) is 3.27. The number of nitrogens with one attached hydrogen (secondary N) is 1. The molecule has 0 aliphatic heterocycles. The number of hydrogen-bond acceptors (Lipinski definition) is 3. The molecule has 2 aromatic carbocycles. The lowest BCUT2D eigenvalue weighted by Crippen LogP contribution is -2.27. The van der Waals surface area contributed by atoms with Crippen LogP contribution >= 0.6 is 0 Å². The third kappa shape index (κ3) is 3.13. The van der Waals surface area contributed by atoms with Crippen molar-refractivity contribution in [1.29, 1.82) is 4.78 Å². The van der Waals surface area contributed by atoms with Gasteiger partial charge in [-0.15, -0.1) is 0 Å².